The Hall–Kier alpha value is -1.30. The molecule has 2 rings (SSSR count). The van der Waals surface area contributed by atoms with Gasteiger partial charge in [-0.15, -0.1) is 0 Å². The summed E-state index contributed by atoms with van der Waals surface area (Å²) in [5.74, 6) is 5.33. The summed E-state index contributed by atoms with van der Waals surface area (Å²) in [6.07, 6.45) is 2.06. The molecule has 0 spiro atoms. The third kappa shape index (κ3) is 3.42. The number of aliphatic hydroxyl groups is 1. The minimum absolute atomic E-state index is 0.113. The first kappa shape index (κ1) is 15.1. The molecule has 1 atom stereocenters. The molecule has 1 heterocycles. The molecule has 6 heteroatoms. The number of nitrogens with two attached hydrogens (primary N) is 1. The average Bonchev–Trinajstić information content (AvgIpc) is 2.59. The maximum Gasteiger partial charge on any atom is 0.256 e. The molecular formula is C14H20ClN3O2. The van der Waals surface area contributed by atoms with Gasteiger partial charge in [-0.25, -0.2) is 0 Å². The van der Waals surface area contributed by atoms with E-state index in [1.54, 1.807) is 23.1 Å². The fraction of sp³-hybridized carbons (Fsp3) is 0.500. The highest BCUT2D eigenvalue weighted by atomic mass is 35.5. The highest BCUT2D eigenvalue weighted by molar-refractivity contribution is 6.31. The van der Waals surface area contributed by atoms with Gasteiger partial charge in [-0.3, -0.25) is 10.6 Å². The Kier molecular flexibility index (Phi) is 4.52. The smallest absolute Gasteiger partial charge is 0.256 e. The van der Waals surface area contributed by atoms with Gasteiger partial charge in [0.1, 0.15) is 0 Å². The second-order valence-electron chi connectivity index (χ2n) is 5.48. The van der Waals surface area contributed by atoms with Crippen molar-refractivity contribution in [1.82, 2.24) is 4.90 Å². The molecule has 1 aromatic carbocycles. The number of likely N-dealkylation sites (tertiary alicyclic amines) is 1. The fourth-order valence-corrected chi connectivity index (χ4v) is 2.63. The molecule has 1 saturated heterocycles. The molecule has 110 valence electrons. The number of nitrogen functional groups attached to an aromatic ring is 1. The maximum absolute atomic E-state index is 12.6. The average molecular weight is 298 g/mol. The SMILES string of the molecule is CC1(O)CCCN(C(=O)c2cc(Cl)ccc2NN)CC1. The molecule has 1 aliphatic rings. The van der Waals surface area contributed by atoms with Gasteiger partial charge in [0, 0.05) is 18.1 Å². The molecule has 4 N–H and O–H groups in total. The number of amides is 1. The Labute approximate surface area is 123 Å². The van der Waals surface area contributed by atoms with Crippen LogP contribution in [0.15, 0.2) is 18.2 Å². The van der Waals surface area contributed by atoms with Gasteiger partial charge in [0.2, 0.25) is 0 Å². The fourth-order valence-electron chi connectivity index (χ4n) is 2.46. The summed E-state index contributed by atoms with van der Waals surface area (Å²) in [5.41, 5.74) is 2.83. The van der Waals surface area contributed by atoms with E-state index >= 15 is 0 Å². The molecule has 20 heavy (non-hydrogen) atoms. The lowest BCUT2D eigenvalue weighted by atomic mass is 9.98. The molecule has 5 nitrogen and oxygen atoms in total. The predicted molar refractivity (Wildman–Crippen MR) is 79.6 cm³/mol. The number of benzene rings is 1. The van der Waals surface area contributed by atoms with E-state index in [-0.39, 0.29) is 5.91 Å². The molecular weight excluding hydrogens is 278 g/mol. The Morgan fingerprint density at radius 2 is 2.20 bits per heavy atom. The number of halogens is 1. The first-order chi connectivity index (χ1) is 9.43. The minimum atomic E-state index is -0.696. The van der Waals surface area contributed by atoms with Gasteiger partial charge in [0.15, 0.2) is 0 Å². The number of hydrogen-bond donors (Lipinski definition) is 3. The second kappa shape index (κ2) is 5.99. The van der Waals surface area contributed by atoms with E-state index in [9.17, 15) is 9.90 Å². The van der Waals surface area contributed by atoms with Crippen molar-refractivity contribution in [2.75, 3.05) is 18.5 Å². The number of anilines is 1. The molecule has 0 bridgehead atoms. The molecule has 0 saturated carbocycles. The van der Waals surface area contributed by atoms with Crippen molar-refractivity contribution in [2.24, 2.45) is 5.84 Å². The molecule has 1 amide bonds. The van der Waals surface area contributed by atoms with Gasteiger partial charge in [0.25, 0.3) is 5.91 Å². The summed E-state index contributed by atoms with van der Waals surface area (Å²) in [5, 5.41) is 10.6. The summed E-state index contributed by atoms with van der Waals surface area (Å²) < 4.78 is 0. The van der Waals surface area contributed by atoms with Crippen molar-refractivity contribution in [1.29, 1.82) is 0 Å². The molecule has 0 aliphatic carbocycles. The van der Waals surface area contributed by atoms with Gasteiger partial charge >= 0.3 is 0 Å². The summed E-state index contributed by atoms with van der Waals surface area (Å²) in [4.78, 5) is 14.3. The summed E-state index contributed by atoms with van der Waals surface area (Å²) in [6.45, 7) is 2.97. The largest absolute Gasteiger partial charge is 0.390 e. The van der Waals surface area contributed by atoms with E-state index in [2.05, 4.69) is 5.43 Å². The normalized spacial score (nSPS) is 23.3. The Balaban J connectivity index is 2.21. The number of rotatable bonds is 2. The summed E-state index contributed by atoms with van der Waals surface area (Å²) >= 11 is 5.96. The summed E-state index contributed by atoms with van der Waals surface area (Å²) in [6, 6.07) is 4.98. The molecule has 0 radical (unpaired) electrons. The number of nitrogens with zero attached hydrogens (tertiary/aromatic N) is 1. The van der Waals surface area contributed by atoms with E-state index in [0.717, 1.165) is 6.42 Å². The van der Waals surface area contributed by atoms with Crippen LogP contribution in [0, 0.1) is 0 Å². The van der Waals surface area contributed by atoms with Crippen LogP contribution in [-0.2, 0) is 0 Å². The zero-order chi connectivity index (χ0) is 14.8. The molecule has 0 aromatic heterocycles. The third-order valence-corrected chi connectivity index (χ3v) is 3.95. The van der Waals surface area contributed by atoms with Gasteiger partial charge in [0.05, 0.1) is 16.9 Å². The number of carbonyl (C=O) groups is 1. The standard InChI is InChI=1S/C14H20ClN3O2/c1-14(20)5-2-7-18(8-6-14)13(19)11-9-10(15)3-4-12(11)17-16/h3-4,9,17,20H,2,5-8,16H2,1H3. The van der Waals surface area contributed by atoms with E-state index in [0.29, 0.717) is 42.2 Å². The number of nitrogens with one attached hydrogen (secondary N) is 1. The van der Waals surface area contributed by atoms with Crippen molar-refractivity contribution in [3.8, 4) is 0 Å². The number of hydrogen-bond acceptors (Lipinski definition) is 4. The maximum atomic E-state index is 12.6. The third-order valence-electron chi connectivity index (χ3n) is 3.72. The lowest BCUT2D eigenvalue weighted by molar-refractivity contribution is 0.0438. The van der Waals surface area contributed by atoms with Crippen LogP contribution in [0.25, 0.3) is 0 Å². The molecule has 1 aliphatic heterocycles. The van der Waals surface area contributed by atoms with Crippen molar-refractivity contribution < 1.29 is 9.90 Å². The van der Waals surface area contributed by atoms with Crippen LogP contribution in [0.3, 0.4) is 0 Å². The van der Waals surface area contributed by atoms with Crippen molar-refractivity contribution in [2.45, 2.75) is 31.8 Å². The Bertz CT molecular complexity index is 505. The van der Waals surface area contributed by atoms with Crippen LogP contribution in [0.4, 0.5) is 5.69 Å². The van der Waals surface area contributed by atoms with E-state index in [1.807, 2.05) is 6.92 Å². The number of hydrazine groups is 1. The Morgan fingerprint density at radius 1 is 1.45 bits per heavy atom. The topological polar surface area (TPSA) is 78.6 Å². The molecule has 1 aromatic rings. The lowest BCUT2D eigenvalue weighted by Gasteiger charge is -2.23. The highest BCUT2D eigenvalue weighted by Crippen LogP contribution is 2.25. The number of carbonyl (C=O) groups excluding carboxylic acids is 1. The monoisotopic (exact) mass is 297 g/mol. The van der Waals surface area contributed by atoms with Crippen LogP contribution < -0.4 is 11.3 Å². The highest BCUT2D eigenvalue weighted by Gasteiger charge is 2.28. The van der Waals surface area contributed by atoms with E-state index in [4.69, 9.17) is 17.4 Å². The zero-order valence-corrected chi connectivity index (χ0v) is 12.3. The van der Waals surface area contributed by atoms with Crippen LogP contribution in [0.2, 0.25) is 5.02 Å². The first-order valence-corrected chi connectivity index (χ1v) is 7.08. The Morgan fingerprint density at radius 3 is 2.90 bits per heavy atom. The van der Waals surface area contributed by atoms with Crippen LogP contribution >= 0.6 is 11.6 Å². The van der Waals surface area contributed by atoms with Gasteiger partial charge in [-0.2, -0.15) is 0 Å². The zero-order valence-electron chi connectivity index (χ0n) is 11.5. The van der Waals surface area contributed by atoms with Crippen molar-refractivity contribution >= 4 is 23.2 Å². The lowest BCUT2D eigenvalue weighted by Crippen LogP contribution is -2.34. The quantitative estimate of drug-likeness (QED) is 0.576. The van der Waals surface area contributed by atoms with Crippen molar-refractivity contribution in [3.63, 3.8) is 0 Å². The minimum Gasteiger partial charge on any atom is -0.390 e. The van der Waals surface area contributed by atoms with Crippen LogP contribution in [0.5, 0.6) is 0 Å². The van der Waals surface area contributed by atoms with Gasteiger partial charge < -0.3 is 15.4 Å². The second-order valence-corrected chi connectivity index (χ2v) is 5.91. The summed E-state index contributed by atoms with van der Waals surface area (Å²) in [7, 11) is 0. The van der Waals surface area contributed by atoms with Gasteiger partial charge in [-0.1, -0.05) is 11.6 Å². The van der Waals surface area contributed by atoms with E-state index in [1.165, 1.54) is 0 Å². The van der Waals surface area contributed by atoms with E-state index < -0.39 is 5.60 Å². The molecule has 1 fully saturated rings. The first-order valence-electron chi connectivity index (χ1n) is 6.71. The van der Waals surface area contributed by atoms with Crippen molar-refractivity contribution in [3.05, 3.63) is 28.8 Å². The molecule has 1 unspecified atom stereocenters. The van der Waals surface area contributed by atoms with Crippen LogP contribution in [-0.4, -0.2) is 34.6 Å². The van der Waals surface area contributed by atoms with Crippen LogP contribution in [0.1, 0.15) is 36.5 Å². The van der Waals surface area contributed by atoms with Gasteiger partial charge in [-0.05, 0) is 44.4 Å². The predicted octanol–water partition coefficient (Wildman–Crippen LogP) is 2.00.